The van der Waals surface area contributed by atoms with Crippen LogP contribution in [0.4, 0.5) is 18.0 Å². The van der Waals surface area contributed by atoms with Crippen LogP contribution >= 0.6 is 11.6 Å². The fraction of sp³-hybridized carbons (Fsp3) is 0.542. The molecule has 1 aromatic heterocycles. The number of hydrogen-bond acceptors (Lipinski definition) is 4. The molecule has 0 aliphatic carbocycles. The Kier molecular flexibility index (Phi) is 7.56. The summed E-state index contributed by atoms with van der Waals surface area (Å²) in [5.41, 5.74) is 1.72. The molecule has 2 aromatic rings. The van der Waals surface area contributed by atoms with E-state index < -0.39 is 22.5 Å². The smallest absolute Gasteiger partial charge is 0.420 e. The molecule has 1 aliphatic rings. The fourth-order valence-corrected chi connectivity index (χ4v) is 4.22. The maximum Gasteiger partial charge on any atom is 0.420 e. The van der Waals surface area contributed by atoms with E-state index in [1.807, 2.05) is 39.8 Å². The van der Waals surface area contributed by atoms with Crippen LogP contribution in [-0.4, -0.2) is 39.7 Å². The summed E-state index contributed by atoms with van der Waals surface area (Å²) in [6, 6.07) is 6.19. The molecule has 0 saturated carbocycles. The predicted octanol–water partition coefficient (Wildman–Crippen LogP) is 6.42. The van der Waals surface area contributed by atoms with Gasteiger partial charge in [-0.1, -0.05) is 36.7 Å². The van der Waals surface area contributed by atoms with Crippen LogP contribution in [-0.2, 0) is 23.8 Å². The second-order valence-corrected chi connectivity index (χ2v) is 9.65. The summed E-state index contributed by atoms with van der Waals surface area (Å²) in [7, 11) is 0. The van der Waals surface area contributed by atoms with Crippen LogP contribution in [0.25, 0.3) is 0 Å². The molecule has 0 radical (unpaired) electrons. The molecule has 1 fully saturated rings. The molecule has 1 aliphatic heterocycles. The highest BCUT2D eigenvalue weighted by molar-refractivity contribution is 6.30. The Morgan fingerprint density at radius 3 is 2.39 bits per heavy atom. The molecule has 3 rings (SSSR count). The molecule has 0 bridgehead atoms. The summed E-state index contributed by atoms with van der Waals surface area (Å²) >= 11 is 5.74. The second kappa shape index (κ2) is 9.87. The Hall–Kier alpha value is -2.35. The van der Waals surface area contributed by atoms with Crippen molar-refractivity contribution in [3.63, 3.8) is 0 Å². The average molecular weight is 484 g/mol. The molecule has 1 aromatic carbocycles. The van der Waals surface area contributed by atoms with E-state index in [0.717, 1.165) is 36.6 Å². The number of aryl methyl sites for hydroxylation is 1. The zero-order chi connectivity index (χ0) is 24.4. The zero-order valence-corrected chi connectivity index (χ0v) is 20.1. The van der Waals surface area contributed by atoms with Gasteiger partial charge in [-0.3, -0.25) is 0 Å². The third-order valence-electron chi connectivity index (χ3n) is 5.68. The van der Waals surface area contributed by atoms with Gasteiger partial charge in [-0.2, -0.15) is 13.2 Å². The highest BCUT2D eigenvalue weighted by Crippen LogP contribution is 2.34. The number of amides is 1. The van der Waals surface area contributed by atoms with Gasteiger partial charge >= 0.3 is 12.3 Å². The zero-order valence-electron chi connectivity index (χ0n) is 19.3. The number of halogens is 4. The standard InChI is InChI=1S/C24H29ClF3N3O2/c1-5-15-12-17(16-8-10-31(11-9-16)22(32)33-23(2,3)4)6-7-18(15)13-20-29-14-19(21(25)30-20)24(26,27)28/h6-7,12,14,16H,5,8-11,13H2,1-4H3. The molecule has 9 heteroatoms. The van der Waals surface area contributed by atoms with Crippen LogP contribution in [0.5, 0.6) is 0 Å². The van der Waals surface area contributed by atoms with Crippen molar-refractivity contribution in [1.82, 2.24) is 14.9 Å². The van der Waals surface area contributed by atoms with Crippen molar-refractivity contribution in [3.8, 4) is 0 Å². The molecule has 0 unspecified atom stereocenters. The van der Waals surface area contributed by atoms with Crippen LogP contribution in [0.3, 0.4) is 0 Å². The first kappa shape index (κ1) is 25.3. The number of benzene rings is 1. The SMILES string of the molecule is CCc1cc(C2CCN(C(=O)OC(C)(C)C)CC2)ccc1Cc1ncc(C(F)(F)F)c(Cl)n1. The Bertz CT molecular complexity index is 997. The van der Waals surface area contributed by atoms with Crippen molar-refractivity contribution in [2.24, 2.45) is 0 Å². The summed E-state index contributed by atoms with van der Waals surface area (Å²) in [5, 5.41) is -0.584. The summed E-state index contributed by atoms with van der Waals surface area (Å²) in [4.78, 5) is 21.8. The van der Waals surface area contributed by atoms with Gasteiger partial charge < -0.3 is 9.64 Å². The quantitative estimate of drug-likeness (QED) is 0.471. The van der Waals surface area contributed by atoms with Crippen molar-refractivity contribution in [3.05, 3.63) is 57.6 Å². The number of aromatic nitrogens is 2. The third kappa shape index (κ3) is 6.59. The number of alkyl halides is 3. The van der Waals surface area contributed by atoms with Gasteiger partial charge in [0.15, 0.2) is 0 Å². The van der Waals surface area contributed by atoms with Gasteiger partial charge in [0.2, 0.25) is 0 Å². The molecular weight excluding hydrogens is 455 g/mol. The third-order valence-corrected chi connectivity index (χ3v) is 5.96. The largest absolute Gasteiger partial charge is 0.444 e. The monoisotopic (exact) mass is 483 g/mol. The summed E-state index contributed by atoms with van der Waals surface area (Å²) < 4.78 is 44.1. The normalized spacial score (nSPS) is 15.6. The lowest BCUT2D eigenvalue weighted by molar-refractivity contribution is -0.138. The predicted molar refractivity (Wildman–Crippen MR) is 120 cm³/mol. The van der Waals surface area contributed by atoms with E-state index in [-0.39, 0.29) is 11.9 Å². The summed E-state index contributed by atoms with van der Waals surface area (Å²) in [6.45, 7) is 8.88. The fourth-order valence-electron chi connectivity index (χ4n) is 3.96. The Morgan fingerprint density at radius 1 is 1.18 bits per heavy atom. The number of carbonyl (C=O) groups excluding carboxylic acids is 1. The Labute approximate surface area is 197 Å². The average Bonchev–Trinajstić information content (AvgIpc) is 2.72. The first-order chi connectivity index (χ1) is 15.4. The minimum atomic E-state index is -4.58. The van der Waals surface area contributed by atoms with Crippen LogP contribution in [0.15, 0.2) is 24.4 Å². The molecule has 1 amide bonds. The number of piperidine rings is 1. The van der Waals surface area contributed by atoms with Gasteiger partial charge in [0.1, 0.15) is 22.1 Å². The van der Waals surface area contributed by atoms with Crippen molar-refractivity contribution >= 4 is 17.7 Å². The molecule has 5 nitrogen and oxygen atoms in total. The number of rotatable bonds is 4. The maximum atomic E-state index is 12.9. The molecule has 180 valence electrons. The number of nitrogens with zero attached hydrogens (tertiary/aromatic N) is 3. The Balaban J connectivity index is 1.68. The molecule has 0 spiro atoms. The van der Waals surface area contributed by atoms with Crippen LogP contribution < -0.4 is 0 Å². The van der Waals surface area contributed by atoms with E-state index in [0.29, 0.717) is 25.4 Å². The van der Waals surface area contributed by atoms with Gasteiger partial charge in [-0.25, -0.2) is 14.8 Å². The number of likely N-dealkylation sites (tertiary alicyclic amines) is 1. The summed E-state index contributed by atoms with van der Waals surface area (Å²) in [5.74, 6) is 0.584. The molecule has 1 saturated heterocycles. The minimum Gasteiger partial charge on any atom is -0.444 e. The molecular formula is C24H29ClF3N3O2. The van der Waals surface area contributed by atoms with Crippen LogP contribution in [0.1, 0.15) is 74.5 Å². The topological polar surface area (TPSA) is 55.3 Å². The van der Waals surface area contributed by atoms with Crippen molar-refractivity contribution in [1.29, 1.82) is 0 Å². The van der Waals surface area contributed by atoms with Crippen LogP contribution in [0.2, 0.25) is 5.15 Å². The first-order valence-electron chi connectivity index (χ1n) is 11.1. The van der Waals surface area contributed by atoms with Crippen molar-refractivity contribution in [2.45, 2.75) is 71.1 Å². The Morgan fingerprint density at radius 2 is 1.85 bits per heavy atom. The number of ether oxygens (including phenoxy) is 1. The highest BCUT2D eigenvalue weighted by Gasteiger charge is 2.34. The van der Waals surface area contributed by atoms with E-state index >= 15 is 0 Å². The number of carbonyl (C=O) groups is 1. The van der Waals surface area contributed by atoms with Gasteiger partial charge in [0.05, 0.1) is 0 Å². The van der Waals surface area contributed by atoms with E-state index in [1.165, 1.54) is 5.56 Å². The van der Waals surface area contributed by atoms with Crippen LogP contribution in [0, 0.1) is 0 Å². The molecule has 2 heterocycles. The van der Waals surface area contributed by atoms with Crippen molar-refractivity contribution < 1.29 is 22.7 Å². The molecule has 33 heavy (non-hydrogen) atoms. The van der Waals surface area contributed by atoms with Gasteiger partial charge in [-0.05, 0) is 62.6 Å². The maximum absolute atomic E-state index is 12.9. The lowest BCUT2D eigenvalue weighted by atomic mass is 9.87. The highest BCUT2D eigenvalue weighted by atomic mass is 35.5. The second-order valence-electron chi connectivity index (χ2n) is 9.29. The van der Waals surface area contributed by atoms with Gasteiger partial charge in [0.25, 0.3) is 0 Å². The lowest BCUT2D eigenvalue weighted by Crippen LogP contribution is -2.41. The van der Waals surface area contributed by atoms with Crippen molar-refractivity contribution in [2.75, 3.05) is 13.1 Å². The van der Waals surface area contributed by atoms with E-state index in [4.69, 9.17) is 16.3 Å². The van der Waals surface area contributed by atoms with E-state index in [2.05, 4.69) is 16.0 Å². The first-order valence-corrected chi connectivity index (χ1v) is 11.4. The van der Waals surface area contributed by atoms with Gasteiger partial charge in [-0.15, -0.1) is 0 Å². The van der Waals surface area contributed by atoms with E-state index in [1.54, 1.807) is 4.90 Å². The number of hydrogen-bond donors (Lipinski definition) is 0. The van der Waals surface area contributed by atoms with Gasteiger partial charge in [0, 0.05) is 25.7 Å². The molecule has 0 atom stereocenters. The molecule has 0 N–H and O–H groups in total. The summed E-state index contributed by atoms with van der Waals surface area (Å²) in [6.07, 6.45) is -1.35. The lowest BCUT2D eigenvalue weighted by Gasteiger charge is -2.33. The minimum absolute atomic E-state index is 0.251. The van der Waals surface area contributed by atoms with E-state index in [9.17, 15) is 18.0 Å².